The zero-order valence-corrected chi connectivity index (χ0v) is 14.1. The van der Waals surface area contributed by atoms with Crippen molar-refractivity contribution in [3.05, 3.63) is 29.8 Å². The normalized spacial score (nSPS) is 27.2. The number of hydrogen-bond donors (Lipinski definition) is 1. The second-order valence-electron chi connectivity index (χ2n) is 7.18. The summed E-state index contributed by atoms with van der Waals surface area (Å²) in [5, 5.41) is 3.85. The van der Waals surface area contributed by atoms with Crippen molar-refractivity contribution >= 4 is 0 Å². The summed E-state index contributed by atoms with van der Waals surface area (Å²) in [6.07, 6.45) is 6.98. The van der Waals surface area contributed by atoms with Crippen LogP contribution in [0, 0.1) is 5.92 Å². The van der Waals surface area contributed by atoms with Gasteiger partial charge in [0.1, 0.15) is 5.75 Å². The molecule has 0 bridgehead atoms. The number of nitrogens with one attached hydrogen (secondary N) is 1. The van der Waals surface area contributed by atoms with E-state index >= 15 is 0 Å². The van der Waals surface area contributed by atoms with Gasteiger partial charge in [0, 0.05) is 19.1 Å². The Balaban J connectivity index is 1.57. The van der Waals surface area contributed by atoms with Crippen LogP contribution in [0.15, 0.2) is 24.3 Å². The number of hydrogen-bond acceptors (Lipinski definition) is 3. The van der Waals surface area contributed by atoms with Gasteiger partial charge in [0.25, 0.3) is 0 Å². The fourth-order valence-electron chi connectivity index (χ4n) is 4.13. The van der Waals surface area contributed by atoms with Crippen molar-refractivity contribution in [2.75, 3.05) is 33.8 Å². The highest BCUT2D eigenvalue weighted by atomic mass is 16.5. The molecule has 0 aromatic heterocycles. The third-order valence-corrected chi connectivity index (χ3v) is 5.39. The van der Waals surface area contributed by atoms with Crippen molar-refractivity contribution in [3.63, 3.8) is 0 Å². The molecule has 1 saturated carbocycles. The van der Waals surface area contributed by atoms with Crippen LogP contribution < -0.4 is 10.1 Å². The zero-order chi connectivity index (χ0) is 15.4. The maximum atomic E-state index is 5.27. The first-order valence-corrected chi connectivity index (χ1v) is 8.80. The molecule has 122 valence electrons. The van der Waals surface area contributed by atoms with Gasteiger partial charge in [0.15, 0.2) is 0 Å². The number of likely N-dealkylation sites (tertiary alicyclic amines) is 1. The van der Waals surface area contributed by atoms with Crippen LogP contribution in [0.4, 0.5) is 0 Å². The van der Waals surface area contributed by atoms with Gasteiger partial charge in [-0.15, -0.1) is 0 Å². The topological polar surface area (TPSA) is 24.5 Å². The second-order valence-corrected chi connectivity index (χ2v) is 7.18. The summed E-state index contributed by atoms with van der Waals surface area (Å²) in [4.78, 5) is 2.48. The first-order valence-electron chi connectivity index (χ1n) is 8.80. The lowest BCUT2D eigenvalue weighted by Crippen LogP contribution is -2.47. The summed E-state index contributed by atoms with van der Waals surface area (Å²) in [5.74, 6) is 2.50. The van der Waals surface area contributed by atoms with E-state index in [1.807, 2.05) is 0 Å². The van der Waals surface area contributed by atoms with Crippen molar-refractivity contribution in [1.82, 2.24) is 10.2 Å². The molecule has 2 atom stereocenters. The van der Waals surface area contributed by atoms with Crippen molar-refractivity contribution in [3.8, 4) is 5.75 Å². The molecule has 3 heteroatoms. The van der Waals surface area contributed by atoms with Crippen LogP contribution >= 0.6 is 0 Å². The number of benzene rings is 1. The Hall–Kier alpha value is -1.06. The third kappa shape index (κ3) is 4.02. The van der Waals surface area contributed by atoms with E-state index in [2.05, 4.69) is 41.5 Å². The van der Waals surface area contributed by atoms with Crippen LogP contribution in [0.5, 0.6) is 5.75 Å². The van der Waals surface area contributed by atoms with Crippen LogP contribution in [0.2, 0.25) is 0 Å². The lowest BCUT2D eigenvalue weighted by atomic mass is 9.88. The molecule has 0 spiro atoms. The summed E-state index contributed by atoms with van der Waals surface area (Å²) in [6.45, 7) is 3.56. The second kappa shape index (κ2) is 7.47. The fraction of sp³-hybridized carbons (Fsp3) is 0.684. The maximum Gasteiger partial charge on any atom is 0.118 e. The Kier molecular flexibility index (Phi) is 5.37. The number of nitrogens with zero attached hydrogens (tertiary/aromatic N) is 1. The molecule has 2 unspecified atom stereocenters. The van der Waals surface area contributed by atoms with Gasteiger partial charge < -0.3 is 15.0 Å². The van der Waals surface area contributed by atoms with E-state index in [1.165, 1.54) is 50.8 Å². The van der Waals surface area contributed by atoms with Gasteiger partial charge in [-0.25, -0.2) is 0 Å². The van der Waals surface area contributed by atoms with Gasteiger partial charge in [0.2, 0.25) is 0 Å². The standard InChI is InChI=1S/C19H30N2O/c1-21-13-17(16-7-9-19(22-2)10-8-16)11-18(14-21)20-12-15-5-3-4-6-15/h7-10,15,17-18,20H,3-6,11-14H2,1-2H3. The van der Waals surface area contributed by atoms with Crippen molar-refractivity contribution in [1.29, 1.82) is 0 Å². The van der Waals surface area contributed by atoms with E-state index in [9.17, 15) is 0 Å². The van der Waals surface area contributed by atoms with Gasteiger partial charge in [-0.2, -0.15) is 0 Å². The minimum absolute atomic E-state index is 0.630. The predicted octanol–water partition coefficient (Wildman–Crippen LogP) is 3.26. The fourth-order valence-corrected chi connectivity index (χ4v) is 4.13. The molecule has 2 fully saturated rings. The molecule has 1 heterocycles. The molecule has 1 aliphatic heterocycles. The Morgan fingerprint density at radius 3 is 2.55 bits per heavy atom. The van der Waals surface area contributed by atoms with E-state index in [1.54, 1.807) is 7.11 Å². The van der Waals surface area contributed by atoms with Crippen LogP contribution in [-0.2, 0) is 0 Å². The molecule has 22 heavy (non-hydrogen) atoms. The summed E-state index contributed by atoms with van der Waals surface area (Å²) in [7, 11) is 3.98. The quantitative estimate of drug-likeness (QED) is 0.903. The minimum Gasteiger partial charge on any atom is -0.497 e. The van der Waals surface area contributed by atoms with Crippen molar-refractivity contribution < 1.29 is 4.74 Å². The van der Waals surface area contributed by atoms with Crippen molar-refractivity contribution in [2.45, 2.75) is 44.1 Å². The molecular weight excluding hydrogens is 272 g/mol. The average molecular weight is 302 g/mol. The molecule has 2 aliphatic rings. The van der Waals surface area contributed by atoms with Crippen molar-refractivity contribution in [2.24, 2.45) is 5.92 Å². The summed E-state index contributed by atoms with van der Waals surface area (Å²) in [6, 6.07) is 9.27. The molecule has 1 N–H and O–H groups in total. The van der Waals surface area contributed by atoms with Crippen LogP contribution in [-0.4, -0.2) is 44.7 Å². The van der Waals surface area contributed by atoms with E-state index in [4.69, 9.17) is 4.74 Å². The van der Waals surface area contributed by atoms with Gasteiger partial charge >= 0.3 is 0 Å². The Morgan fingerprint density at radius 2 is 1.86 bits per heavy atom. The molecule has 1 aromatic carbocycles. The molecule has 1 aromatic rings. The van der Waals surface area contributed by atoms with E-state index in [0.717, 1.165) is 18.2 Å². The highest BCUT2D eigenvalue weighted by Crippen LogP contribution is 2.29. The number of rotatable bonds is 5. The SMILES string of the molecule is COc1ccc(C2CC(NCC3CCCC3)CN(C)C2)cc1. The van der Waals surface area contributed by atoms with E-state index in [0.29, 0.717) is 12.0 Å². The van der Waals surface area contributed by atoms with Gasteiger partial charge in [-0.05, 0) is 62.4 Å². The third-order valence-electron chi connectivity index (χ3n) is 5.39. The molecule has 1 saturated heterocycles. The monoisotopic (exact) mass is 302 g/mol. The smallest absolute Gasteiger partial charge is 0.118 e. The Bertz CT molecular complexity index is 453. The van der Waals surface area contributed by atoms with Crippen LogP contribution in [0.25, 0.3) is 0 Å². The summed E-state index contributed by atoms with van der Waals surface area (Å²) in [5.41, 5.74) is 1.44. The summed E-state index contributed by atoms with van der Waals surface area (Å²) >= 11 is 0. The molecule has 0 radical (unpaired) electrons. The minimum atomic E-state index is 0.630. The lowest BCUT2D eigenvalue weighted by Gasteiger charge is -2.37. The predicted molar refractivity (Wildman–Crippen MR) is 91.6 cm³/mol. The highest BCUT2D eigenvalue weighted by molar-refractivity contribution is 5.30. The first-order chi connectivity index (χ1) is 10.7. The molecule has 3 nitrogen and oxygen atoms in total. The molecule has 0 amide bonds. The molecule has 3 rings (SSSR count). The first kappa shape index (κ1) is 15.8. The number of likely N-dealkylation sites (N-methyl/N-ethyl adjacent to an activating group) is 1. The summed E-state index contributed by atoms with van der Waals surface area (Å²) < 4.78 is 5.27. The van der Waals surface area contributed by atoms with E-state index < -0.39 is 0 Å². The highest BCUT2D eigenvalue weighted by Gasteiger charge is 2.27. The lowest BCUT2D eigenvalue weighted by molar-refractivity contribution is 0.200. The van der Waals surface area contributed by atoms with Gasteiger partial charge in [-0.3, -0.25) is 0 Å². The maximum absolute atomic E-state index is 5.27. The number of piperidine rings is 1. The molecular formula is C19H30N2O. The number of ether oxygens (including phenoxy) is 1. The molecule has 1 aliphatic carbocycles. The average Bonchev–Trinajstić information content (AvgIpc) is 3.06. The van der Waals surface area contributed by atoms with Crippen LogP contribution in [0.3, 0.4) is 0 Å². The zero-order valence-electron chi connectivity index (χ0n) is 14.1. The Morgan fingerprint density at radius 1 is 1.14 bits per heavy atom. The van der Waals surface area contributed by atoms with Gasteiger partial charge in [-0.1, -0.05) is 25.0 Å². The van der Waals surface area contributed by atoms with Crippen LogP contribution in [0.1, 0.15) is 43.6 Å². The van der Waals surface area contributed by atoms with E-state index in [-0.39, 0.29) is 0 Å². The Labute approximate surface area is 135 Å². The van der Waals surface area contributed by atoms with Gasteiger partial charge in [0.05, 0.1) is 7.11 Å². The largest absolute Gasteiger partial charge is 0.497 e. The number of methoxy groups -OCH3 is 1.